The fraction of sp³-hybridized carbons (Fsp3) is 0.412. The Bertz CT molecular complexity index is 705. The maximum atomic E-state index is 12.5. The molecule has 1 aromatic carbocycles. The molecule has 1 amide bonds. The second kappa shape index (κ2) is 9.30. The maximum Gasteiger partial charge on any atom is 0.242 e. The van der Waals surface area contributed by atoms with E-state index in [-0.39, 0.29) is 17.8 Å². The van der Waals surface area contributed by atoms with Crippen molar-refractivity contribution in [1.29, 1.82) is 0 Å². The van der Waals surface area contributed by atoms with Gasteiger partial charge in [-0.25, -0.2) is 0 Å². The summed E-state index contributed by atoms with van der Waals surface area (Å²) >= 11 is 12.9. The van der Waals surface area contributed by atoms with Crippen molar-refractivity contribution in [3.63, 3.8) is 0 Å². The first-order valence-electron chi connectivity index (χ1n) is 7.45. The number of carbonyl (C=O) groups excluding carboxylic acids is 1. The SMILES string of the molecule is C#CCOc1c(Cl)cc(C[C@@H]2SC(=S)N(CCOC)C2=O)cc1OC. The van der Waals surface area contributed by atoms with Crippen molar-refractivity contribution < 1.29 is 19.0 Å². The summed E-state index contributed by atoms with van der Waals surface area (Å²) in [5, 5.41) is 0.0986. The first-order valence-corrected chi connectivity index (χ1v) is 9.12. The molecule has 1 aromatic rings. The Balaban J connectivity index is 2.15. The molecular formula is C17H18ClNO4S2. The second-order valence-electron chi connectivity index (χ2n) is 5.16. The summed E-state index contributed by atoms with van der Waals surface area (Å²) in [6.07, 6.45) is 5.69. The zero-order chi connectivity index (χ0) is 18.4. The van der Waals surface area contributed by atoms with Crippen LogP contribution in [0.1, 0.15) is 5.56 Å². The maximum absolute atomic E-state index is 12.5. The topological polar surface area (TPSA) is 48.0 Å². The smallest absolute Gasteiger partial charge is 0.242 e. The Morgan fingerprint density at radius 3 is 2.84 bits per heavy atom. The van der Waals surface area contributed by atoms with Crippen LogP contribution in [0.4, 0.5) is 0 Å². The second-order valence-corrected chi connectivity index (χ2v) is 7.40. The van der Waals surface area contributed by atoms with Crippen molar-refractivity contribution in [2.75, 3.05) is 34.0 Å². The summed E-state index contributed by atoms with van der Waals surface area (Å²) in [4.78, 5) is 14.1. The van der Waals surface area contributed by atoms with E-state index in [1.54, 1.807) is 24.1 Å². The number of halogens is 1. The highest BCUT2D eigenvalue weighted by Crippen LogP contribution is 2.38. The van der Waals surface area contributed by atoms with Gasteiger partial charge in [-0.3, -0.25) is 9.69 Å². The highest BCUT2D eigenvalue weighted by atomic mass is 35.5. The predicted octanol–water partition coefficient (Wildman–Crippen LogP) is 2.78. The molecular weight excluding hydrogens is 382 g/mol. The van der Waals surface area contributed by atoms with E-state index in [4.69, 9.17) is 44.5 Å². The fourth-order valence-corrected chi connectivity index (χ4v) is 4.24. The number of hydrogen-bond donors (Lipinski definition) is 0. The molecule has 5 nitrogen and oxygen atoms in total. The van der Waals surface area contributed by atoms with E-state index in [0.717, 1.165) is 5.56 Å². The van der Waals surface area contributed by atoms with Crippen LogP contribution < -0.4 is 9.47 Å². The van der Waals surface area contributed by atoms with Gasteiger partial charge in [-0.15, -0.1) is 6.42 Å². The Morgan fingerprint density at radius 1 is 1.44 bits per heavy atom. The van der Waals surface area contributed by atoms with E-state index in [9.17, 15) is 4.79 Å². The van der Waals surface area contributed by atoms with Crippen molar-refractivity contribution in [2.45, 2.75) is 11.7 Å². The van der Waals surface area contributed by atoms with Gasteiger partial charge in [0.15, 0.2) is 11.5 Å². The summed E-state index contributed by atoms with van der Waals surface area (Å²) in [5.74, 6) is 3.24. The molecule has 0 saturated carbocycles. The van der Waals surface area contributed by atoms with Crippen molar-refractivity contribution in [2.24, 2.45) is 0 Å². The molecule has 134 valence electrons. The standard InChI is InChI=1S/C17H18ClNO4S2/c1-4-6-23-15-12(18)8-11(9-13(15)22-3)10-14-16(20)19(5-7-21-2)17(24)25-14/h1,8-9,14H,5-7,10H2,2-3H3/t14-/m0/s1. The van der Waals surface area contributed by atoms with Gasteiger partial charge >= 0.3 is 0 Å². The van der Waals surface area contributed by atoms with E-state index in [0.29, 0.717) is 40.4 Å². The third kappa shape index (κ3) is 4.79. The van der Waals surface area contributed by atoms with Crippen molar-refractivity contribution >= 4 is 45.8 Å². The van der Waals surface area contributed by atoms with Gasteiger partial charge in [0, 0.05) is 7.11 Å². The normalized spacial score (nSPS) is 16.9. The molecule has 0 N–H and O–H groups in total. The molecule has 1 heterocycles. The molecule has 0 spiro atoms. The minimum atomic E-state index is -0.289. The predicted molar refractivity (Wildman–Crippen MR) is 104 cm³/mol. The zero-order valence-corrected chi connectivity index (χ0v) is 16.3. The molecule has 1 aliphatic heterocycles. The summed E-state index contributed by atoms with van der Waals surface area (Å²) in [6.45, 7) is 0.996. The summed E-state index contributed by atoms with van der Waals surface area (Å²) in [6, 6.07) is 3.55. The number of benzene rings is 1. The Morgan fingerprint density at radius 2 is 2.20 bits per heavy atom. The molecule has 1 fully saturated rings. The average Bonchev–Trinajstić information content (AvgIpc) is 2.85. The third-order valence-electron chi connectivity index (χ3n) is 3.53. The first kappa shape index (κ1) is 19.9. The average molecular weight is 400 g/mol. The minimum Gasteiger partial charge on any atom is -0.493 e. The third-order valence-corrected chi connectivity index (χ3v) is 5.40. The van der Waals surface area contributed by atoms with E-state index in [1.165, 1.54) is 18.9 Å². The van der Waals surface area contributed by atoms with Gasteiger partial charge in [0.2, 0.25) is 5.91 Å². The van der Waals surface area contributed by atoms with Crippen LogP contribution >= 0.6 is 35.6 Å². The number of amides is 1. The Hall–Kier alpha value is -1.46. The number of ether oxygens (including phenoxy) is 3. The molecule has 0 aromatic heterocycles. The number of terminal acetylenes is 1. The quantitative estimate of drug-likeness (QED) is 0.495. The van der Waals surface area contributed by atoms with Crippen molar-refractivity contribution in [1.82, 2.24) is 4.90 Å². The van der Waals surface area contributed by atoms with Crippen molar-refractivity contribution in [3.05, 3.63) is 22.7 Å². The highest BCUT2D eigenvalue weighted by Gasteiger charge is 2.36. The monoisotopic (exact) mass is 399 g/mol. The number of nitrogens with zero attached hydrogens (tertiary/aromatic N) is 1. The van der Waals surface area contributed by atoms with Gasteiger partial charge in [-0.2, -0.15) is 0 Å². The zero-order valence-electron chi connectivity index (χ0n) is 13.9. The summed E-state index contributed by atoms with van der Waals surface area (Å²) < 4.78 is 16.3. The van der Waals surface area contributed by atoms with Crippen molar-refractivity contribution in [3.8, 4) is 23.8 Å². The minimum absolute atomic E-state index is 0.0187. The van der Waals surface area contributed by atoms with Crippen LogP contribution in [0.5, 0.6) is 11.5 Å². The van der Waals surface area contributed by atoms with Gasteiger partial charge < -0.3 is 14.2 Å². The molecule has 0 aliphatic carbocycles. The largest absolute Gasteiger partial charge is 0.493 e. The van der Waals surface area contributed by atoms with E-state index in [2.05, 4.69) is 5.92 Å². The molecule has 1 aliphatic rings. The number of thiocarbonyl (C=S) groups is 1. The summed E-state index contributed by atoms with van der Waals surface area (Å²) in [5.41, 5.74) is 0.858. The van der Waals surface area contributed by atoms with Gasteiger partial charge in [0.25, 0.3) is 0 Å². The molecule has 8 heteroatoms. The van der Waals surface area contributed by atoms with Gasteiger partial charge in [0.1, 0.15) is 10.9 Å². The Labute approximate surface area is 161 Å². The highest BCUT2D eigenvalue weighted by molar-refractivity contribution is 8.24. The summed E-state index contributed by atoms with van der Waals surface area (Å²) in [7, 11) is 3.11. The van der Waals surface area contributed by atoms with Crippen LogP contribution in [-0.4, -0.2) is 54.4 Å². The van der Waals surface area contributed by atoms with E-state index in [1.807, 2.05) is 0 Å². The van der Waals surface area contributed by atoms with Crippen LogP contribution in [0.15, 0.2) is 12.1 Å². The van der Waals surface area contributed by atoms with Crippen LogP contribution in [-0.2, 0) is 16.0 Å². The molecule has 1 atom stereocenters. The molecule has 0 radical (unpaired) electrons. The molecule has 1 saturated heterocycles. The molecule has 25 heavy (non-hydrogen) atoms. The fourth-order valence-electron chi connectivity index (χ4n) is 2.37. The molecule has 0 unspecified atom stereocenters. The van der Waals surface area contributed by atoms with Crippen LogP contribution in [0.2, 0.25) is 5.02 Å². The van der Waals surface area contributed by atoms with Gasteiger partial charge in [-0.05, 0) is 24.1 Å². The Kier molecular flexibility index (Phi) is 7.38. The lowest BCUT2D eigenvalue weighted by Gasteiger charge is -2.15. The lowest BCUT2D eigenvalue weighted by atomic mass is 10.1. The number of carbonyl (C=O) groups is 1. The van der Waals surface area contributed by atoms with Gasteiger partial charge in [-0.1, -0.05) is 41.5 Å². The number of hydrogen-bond acceptors (Lipinski definition) is 6. The first-order chi connectivity index (χ1) is 12.0. The lowest BCUT2D eigenvalue weighted by Crippen LogP contribution is -2.34. The number of methoxy groups -OCH3 is 2. The van der Waals surface area contributed by atoms with Crippen LogP contribution in [0, 0.1) is 12.3 Å². The van der Waals surface area contributed by atoms with Gasteiger partial charge in [0.05, 0.1) is 30.5 Å². The van der Waals surface area contributed by atoms with Crippen LogP contribution in [0.25, 0.3) is 0 Å². The number of rotatable bonds is 8. The lowest BCUT2D eigenvalue weighted by molar-refractivity contribution is -0.126. The van der Waals surface area contributed by atoms with E-state index >= 15 is 0 Å². The molecule has 0 bridgehead atoms. The molecule has 2 rings (SSSR count). The van der Waals surface area contributed by atoms with E-state index < -0.39 is 0 Å². The number of thioether (sulfide) groups is 1. The van der Waals surface area contributed by atoms with Crippen LogP contribution in [0.3, 0.4) is 0 Å².